The number of hydrogen-bond acceptors (Lipinski definition) is 1. The zero-order valence-electron chi connectivity index (χ0n) is 9.61. The molecule has 3 rings (SSSR count). The van der Waals surface area contributed by atoms with Crippen LogP contribution in [0.1, 0.15) is 28.7 Å². The van der Waals surface area contributed by atoms with E-state index in [2.05, 4.69) is 22.0 Å². The predicted octanol–water partition coefficient (Wildman–Crippen LogP) is 3.96. The van der Waals surface area contributed by atoms with Gasteiger partial charge in [0.1, 0.15) is 5.82 Å². The summed E-state index contributed by atoms with van der Waals surface area (Å²) < 4.78 is 14.3. The van der Waals surface area contributed by atoms with Crippen LogP contribution in [0, 0.1) is 5.82 Å². The summed E-state index contributed by atoms with van der Waals surface area (Å²) >= 11 is 3.15. The van der Waals surface area contributed by atoms with Crippen LogP contribution in [0.3, 0.4) is 0 Å². The molecule has 2 atom stereocenters. The molecule has 1 N–H and O–H groups in total. The average molecular weight is 307 g/mol. The Morgan fingerprint density at radius 1 is 1.17 bits per heavy atom. The summed E-state index contributed by atoms with van der Waals surface area (Å²) in [6, 6.07) is 13.0. The summed E-state index contributed by atoms with van der Waals surface area (Å²) in [5, 5.41) is 10.3. The molecule has 0 aliphatic heterocycles. The molecule has 0 aromatic heterocycles. The summed E-state index contributed by atoms with van der Waals surface area (Å²) in [5.74, 6) is -0.362. The van der Waals surface area contributed by atoms with Crippen molar-refractivity contribution in [3.63, 3.8) is 0 Å². The van der Waals surface area contributed by atoms with E-state index in [1.807, 2.05) is 18.2 Å². The highest BCUT2D eigenvalue weighted by molar-refractivity contribution is 9.10. The Morgan fingerprint density at radius 2 is 1.94 bits per heavy atom. The number of hydrogen-bond donors (Lipinski definition) is 1. The molecule has 0 radical (unpaired) electrons. The second kappa shape index (κ2) is 4.48. The molecule has 18 heavy (non-hydrogen) atoms. The second-order valence-electron chi connectivity index (χ2n) is 4.60. The maximum absolute atomic E-state index is 13.9. The third-order valence-corrected chi connectivity index (χ3v) is 4.19. The van der Waals surface area contributed by atoms with Crippen LogP contribution in [0.2, 0.25) is 0 Å². The Hall–Kier alpha value is -1.19. The van der Waals surface area contributed by atoms with E-state index in [-0.39, 0.29) is 11.7 Å². The number of aliphatic hydroxyl groups is 1. The van der Waals surface area contributed by atoms with Crippen molar-refractivity contribution in [3.05, 3.63) is 69.4 Å². The fraction of sp³-hybridized carbons (Fsp3) is 0.200. The van der Waals surface area contributed by atoms with E-state index in [4.69, 9.17) is 0 Å². The molecule has 2 unspecified atom stereocenters. The standard InChI is InChI=1S/C15H12BrFO/c16-13-7-3-6-11(14(13)17)15(18)12-8-9-4-1-2-5-10(9)12/h1-7,12,15,18H,8H2. The molecule has 2 aromatic carbocycles. The first-order valence-corrected chi connectivity index (χ1v) is 6.67. The topological polar surface area (TPSA) is 20.2 Å². The summed E-state index contributed by atoms with van der Waals surface area (Å²) in [4.78, 5) is 0. The monoisotopic (exact) mass is 306 g/mol. The predicted molar refractivity (Wildman–Crippen MR) is 71.9 cm³/mol. The van der Waals surface area contributed by atoms with Gasteiger partial charge in [-0.15, -0.1) is 0 Å². The number of fused-ring (bicyclic) bond motifs is 1. The Kier molecular flexibility index (Phi) is 2.96. The van der Waals surface area contributed by atoms with Crippen LogP contribution < -0.4 is 0 Å². The van der Waals surface area contributed by atoms with Crippen molar-refractivity contribution in [2.45, 2.75) is 18.4 Å². The van der Waals surface area contributed by atoms with Crippen LogP contribution in [0.15, 0.2) is 46.9 Å². The van der Waals surface area contributed by atoms with Gasteiger partial charge in [0.2, 0.25) is 0 Å². The molecule has 0 saturated heterocycles. The highest BCUT2D eigenvalue weighted by Crippen LogP contribution is 2.44. The number of aliphatic hydroxyl groups excluding tert-OH is 1. The molecule has 92 valence electrons. The minimum absolute atomic E-state index is 0.00463. The first kappa shape index (κ1) is 11.9. The van der Waals surface area contributed by atoms with Gasteiger partial charge in [-0.3, -0.25) is 0 Å². The van der Waals surface area contributed by atoms with Gasteiger partial charge >= 0.3 is 0 Å². The minimum atomic E-state index is -0.780. The van der Waals surface area contributed by atoms with E-state index >= 15 is 0 Å². The zero-order chi connectivity index (χ0) is 12.7. The van der Waals surface area contributed by atoms with Crippen molar-refractivity contribution in [2.24, 2.45) is 0 Å². The molecular weight excluding hydrogens is 295 g/mol. The lowest BCUT2D eigenvalue weighted by atomic mass is 9.73. The smallest absolute Gasteiger partial charge is 0.143 e. The minimum Gasteiger partial charge on any atom is -0.388 e. The zero-order valence-corrected chi connectivity index (χ0v) is 11.2. The summed E-state index contributed by atoms with van der Waals surface area (Å²) in [7, 11) is 0. The van der Waals surface area contributed by atoms with Crippen LogP contribution in [-0.4, -0.2) is 5.11 Å². The third-order valence-electron chi connectivity index (χ3n) is 3.58. The van der Waals surface area contributed by atoms with Crippen molar-refractivity contribution in [1.29, 1.82) is 0 Å². The first-order valence-electron chi connectivity index (χ1n) is 5.88. The number of benzene rings is 2. The van der Waals surface area contributed by atoms with Crippen LogP contribution in [0.5, 0.6) is 0 Å². The second-order valence-corrected chi connectivity index (χ2v) is 5.45. The van der Waals surface area contributed by atoms with Gasteiger partial charge in [0.15, 0.2) is 0 Å². The lowest BCUT2D eigenvalue weighted by molar-refractivity contribution is 0.130. The molecule has 0 heterocycles. The van der Waals surface area contributed by atoms with E-state index in [1.165, 1.54) is 5.56 Å². The number of rotatable bonds is 2. The molecule has 0 amide bonds. The van der Waals surface area contributed by atoms with Gasteiger partial charge in [-0.25, -0.2) is 4.39 Å². The van der Waals surface area contributed by atoms with Crippen LogP contribution in [-0.2, 0) is 6.42 Å². The summed E-state index contributed by atoms with van der Waals surface area (Å²) in [6.07, 6.45) is 0.0286. The fourth-order valence-electron chi connectivity index (χ4n) is 2.54. The van der Waals surface area contributed by atoms with Crippen LogP contribution in [0.4, 0.5) is 4.39 Å². The molecule has 1 aliphatic rings. The van der Waals surface area contributed by atoms with Gasteiger partial charge in [-0.2, -0.15) is 0 Å². The first-order chi connectivity index (χ1) is 8.68. The van der Waals surface area contributed by atoms with E-state index in [1.54, 1.807) is 18.2 Å². The van der Waals surface area contributed by atoms with Gasteiger partial charge in [0.25, 0.3) is 0 Å². The molecule has 0 fully saturated rings. The normalized spacial score (nSPS) is 18.9. The lowest BCUT2D eigenvalue weighted by Gasteiger charge is -2.34. The van der Waals surface area contributed by atoms with Gasteiger partial charge in [-0.1, -0.05) is 36.4 Å². The number of halogens is 2. The molecule has 0 saturated carbocycles. The quantitative estimate of drug-likeness (QED) is 0.890. The van der Waals surface area contributed by atoms with Crippen LogP contribution in [0.25, 0.3) is 0 Å². The van der Waals surface area contributed by atoms with E-state index in [0.29, 0.717) is 10.0 Å². The van der Waals surface area contributed by atoms with Gasteiger partial charge in [-0.05, 0) is 39.5 Å². The molecule has 0 bridgehead atoms. The molecule has 0 spiro atoms. The van der Waals surface area contributed by atoms with Crippen molar-refractivity contribution in [2.75, 3.05) is 0 Å². The summed E-state index contributed by atoms with van der Waals surface area (Å²) in [5.41, 5.74) is 2.74. The third kappa shape index (κ3) is 1.78. The van der Waals surface area contributed by atoms with Gasteiger partial charge in [0, 0.05) is 11.5 Å². The molecule has 1 nitrogen and oxygen atoms in total. The van der Waals surface area contributed by atoms with Crippen molar-refractivity contribution in [3.8, 4) is 0 Å². The van der Waals surface area contributed by atoms with Gasteiger partial charge in [0.05, 0.1) is 10.6 Å². The van der Waals surface area contributed by atoms with E-state index in [0.717, 1.165) is 12.0 Å². The lowest BCUT2D eigenvalue weighted by Crippen LogP contribution is -2.24. The average Bonchev–Trinajstić information content (AvgIpc) is 2.34. The SMILES string of the molecule is OC(c1cccc(Br)c1F)C1Cc2ccccc21. The van der Waals surface area contributed by atoms with E-state index in [9.17, 15) is 9.50 Å². The molecule has 2 aromatic rings. The maximum atomic E-state index is 13.9. The van der Waals surface area contributed by atoms with Gasteiger partial charge < -0.3 is 5.11 Å². The molecule has 3 heteroatoms. The Balaban J connectivity index is 1.94. The van der Waals surface area contributed by atoms with Crippen LogP contribution >= 0.6 is 15.9 Å². The molecule has 1 aliphatic carbocycles. The fourth-order valence-corrected chi connectivity index (χ4v) is 2.93. The highest BCUT2D eigenvalue weighted by Gasteiger charge is 2.33. The maximum Gasteiger partial charge on any atom is 0.143 e. The summed E-state index contributed by atoms with van der Waals surface area (Å²) in [6.45, 7) is 0. The van der Waals surface area contributed by atoms with Crippen molar-refractivity contribution >= 4 is 15.9 Å². The Labute approximate surface area is 113 Å². The van der Waals surface area contributed by atoms with Crippen molar-refractivity contribution in [1.82, 2.24) is 0 Å². The highest BCUT2D eigenvalue weighted by atomic mass is 79.9. The Morgan fingerprint density at radius 3 is 2.72 bits per heavy atom. The largest absolute Gasteiger partial charge is 0.388 e. The van der Waals surface area contributed by atoms with Crippen molar-refractivity contribution < 1.29 is 9.50 Å². The van der Waals surface area contributed by atoms with E-state index < -0.39 is 6.10 Å². The molecular formula is C15H12BrFO. The Bertz CT molecular complexity index is 597.